The average molecular weight is 309 g/mol. The van der Waals surface area contributed by atoms with Gasteiger partial charge in [0.1, 0.15) is 0 Å². The van der Waals surface area contributed by atoms with Crippen LogP contribution in [0.15, 0.2) is 41.2 Å². The first kappa shape index (κ1) is 14.9. The fourth-order valence-corrected chi connectivity index (χ4v) is 2.91. The number of aromatic nitrogens is 1. The summed E-state index contributed by atoms with van der Waals surface area (Å²) < 4.78 is 0. The number of aliphatic carboxylic acids is 1. The minimum atomic E-state index is -0.963. The molecule has 0 spiro atoms. The Labute approximate surface area is 132 Å². The van der Waals surface area contributed by atoms with Crippen LogP contribution in [0.25, 0.3) is 10.9 Å². The fourth-order valence-electron chi connectivity index (χ4n) is 2.91. The number of carbonyl (C=O) groups is 1. The van der Waals surface area contributed by atoms with E-state index in [0.717, 1.165) is 22.7 Å². The Hall–Kier alpha value is -3.07. The van der Waals surface area contributed by atoms with Gasteiger partial charge in [-0.05, 0) is 6.07 Å². The van der Waals surface area contributed by atoms with Crippen molar-refractivity contribution >= 4 is 22.6 Å². The van der Waals surface area contributed by atoms with Gasteiger partial charge < -0.3 is 15.0 Å². The zero-order valence-electron chi connectivity index (χ0n) is 12.3. The van der Waals surface area contributed by atoms with Crippen LogP contribution in [-0.2, 0) is 11.2 Å². The Morgan fingerprint density at radius 2 is 2.17 bits per heavy atom. The molecule has 0 atom stereocenters. The van der Waals surface area contributed by atoms with Gasteiger partial charge in [-0.25, -0.2) is 4.79 Å². The molecule has 6 nitrogen and oxygen atoms in total. The Morgan fingerprint density at radius 3 is 2.87 bits per heavy atom. The molecule has 0 saturated carbocycles. The highest BCUT2D eigenvalue weighted by molar-refractivity contribution is 5.93. The van der Waals surface area contributed by atoms with Crippen LogP contribution < -0.4 is 10.5 Å². The minimum absolute atomic E-state index is 0.0433. The zero-order valence-corrected chi connectivity index (χ0v) is 12.3. The number of hydrogen-bond donors (Lipinski definition) is 2. The summed E-state index contributed by atoms with van der Waals surface area (Å²) >= 11 is 0. The molecule has 3 rings (SSSR count). The summed E-state index contributed by atoms with van der Waals surface area (Å²) in [5, 5.41) is 18.6. The van der Waals surface area contributed by atoms with Crippen molar-refractivity contribution in [2.24, 2.45) is 5.92 Å². The second kappa shape index (κ2) is 5.97. The summed E-state index contributed by atoms with van der Waals surface area (Å²) in [6, 6.07) is 9.53. The second-order valence-corrected chi connectivity index (χ2v) is 5.52. The maximum atomic E-state index is 12.3. The normalized spacial score (nSPS) is 14.8. The van der Waals surface area contributed by atoms with Gasteiger partial charge in [0.15, 0.2) is 0 Å². The predicted molar refractivity (Wildman–Crippen MR) is 86.4 cm³/mol. The number of para-hydroxylation sites is 1. The number of aromatic amines is 1. The molecule has 2 heterocycles. The molecular weight excluding hydrogens is 294 g/mol. The molecule has 2 N–H and O–H groups in total. The summed E-state index contributed by atoms with van der Waals surface area (Å²) in [4.78, 5) is 27.7. The lowest BCUT2D eigenvalue weighted by Crippen LogP contribution is -2.47. The standard InChI is InChI=1S/C17H15N3O3/c18-8-7-13-16(20-9-11(10-20)5-6-15(21)22)12-3-1-2-4-14(12)19-17(13)23/h1-6,11H,7,9-10H2,(H,19,23)(H,21,22). The van der Waals surface area contributed by atoms with E-state index in [2.05, 4.69) is 4.98 Å². The van der Waals surface area contributed by atoms with Crippen LogP contribution in [0.2, 0.25) is 0 Å². The molecular formula is C17H15N3O3. The van der Waals surface area contributed by atoms with Crippen molar-refractivity contribution < 1.29 is 9.90 Å². The molecule has 1 aromatic carbocycles. The van der Waals surface area contributed by atoms with Crippen LogP contribution in [-0.4, -0.2) is 29.1 Å². The Balaban J connectivity index is 2.00. The quantitative estimate of drug-likeness (QED) is 0.837. The number of fused-ring (bicyclic) bond motifs is 1. The molecule has 2 aromatic rings. The highest BCUT2D eigenvalue weighted by atomic mass is 16.4. The molecule has 1 aliphatic rings. The topological polar surface area (TPSA) is 97.2 Å². The van der Waals surface area contributed by atoms with Gasteiger partial charge in [-0.2, -0.15) is 5.26 Å². The summed E-state index contributed by atoms with van der Waals surface area (Å²) in [6.07, 6.45) is 2.86. The average Bonchev–Trinajstić information content (AvgIpc) is 2.48. The molecule has 1 fully saturated rings. The van der Waals surface area contributed by atoms with Crippen molar-refractivity contribution in [2.45, 2.75) is 6.42 Å². The highest BCUT2D eigenvalue weighted by Crippen LogP contribution is 2.33. The smallest absolute Gasteiger partial charge is 0.327 e. The van der Waals surface area contributed by atoms with Gasteiger partial charge in [-0.1, -0.05) is 24.3 Å². The number of H-pyrrole nitrogens is 1. The van der Waals surface area contributed by atoms with Crippen LogP contribution in [0.3, 0.4) is 0 Å². The fraction of sp³-hybridized carbons (Fsp3) is 0.235. The molecule has 0 bridgehead atoms. The summed E-state index contributed by atoms with van der Waals surface area (Å²) in [6.45, 7) is 1.27. The molecule has 116 valence electrons. The first-order chi connectivity index (χ1) is 11.1. The van der Waals surface area contributed by atoms with Gasteiger partial charge in [0.05, 0.1) is 29.3 Å². The van der Waals surface area contributed by atoms with E-state index in [4.69, 9.17) is 10.4 Å². The number of nitriles is 1. The van der Waals surface area contributed by atoms with E-state index in [0.29, 0.717) is 18.7 Å². The third-order valence-corrected chi connectivity index (χ3v) is 3.98. The number of hydrogen-bond acceptors (Lipinski definition) is 4. The van der Waals surface area contributed by atoms with Crippen LogP contribution in [0, 0.1) is 17.2 Å². The third-order valence-electron chi connectivity index (χ3n) is 3.98. The maximum Gasteiger partial charge on any atom is 0.327 e. The van der Waals surface area contributed by atoms with Crippen LogP contribution in [0.1, 0.15) is 5.56 Å². The van der Waals surface area contributed by atoms with E-state index in [1.165, 1.54) is 0 Å². The molecule has 0 amide bonds. The molecule has 0 aliphatic carbocycles. The largest absolute Gasteiger partial charge is 0.478 e. The van der Waals surface area contributed by atoms with Gasteiger partial charge in [0.25, 0.3) is 5.56 Å². The van der Waals surface area contributed by atoms with Crippen LogP contribution in [0.4, 0.5) is 5.69 Å². The van der Waals surface area contributed by atoms with Gasteiger partial charge >= 0.3 is 5.97 Å². The van der Waals surface area contributed by atoms with E-state index in [1.54, 1.807) is 6.08 Å². The SMILES string of the molecule is N#CCc1c(N2CC(C=CC(=O)O)C2)c2ccccc2[nH]c1=O. The van der Waals surface area contributed by atoms with Crippen LogP contribution >= 0.6 is 0 Å². The van der Waals surface area contributed by atoms with E-state index in [9.17, 15) is 9.59 Å². The number of benzene rings is 1. The van der Waals surface area contributed by atoms with Crippen molar-refractivity contribution in [3.8, 4) is 6.07 Å². The van der Waals surface area contributed by atoms with E-state index < -0.39 is 5.97 Å². The lowest BCUT2D eigenvalue weighted by molar-refractivity contribution is -0.131. The van der Waals surface area contributed by atoms with E-state index in [-0.39, 0.29) is 17.9 Å². The van der Waals surface area contributed by atoms with Crippen LogP contribution in [0.5, 0.6) is 0 Å². The van der Waals surface area contributed by atoms with Crippen molar-refractivity contribution in [3.63, 3.8) is 0 Å². The number of nitrogens with one attached hydrogen (secondary N) is 1. The number of carboxylic acid groups (broad SMARTS) is 1. The molecule has 0 unspecified atom stereocenters. The van der Waals surface area contributed by atoms with E-state index >= 15 is 0 Å². The monoisotopic (exact) mass is 309 g/mol. The summed E-state index contributed by atoms with van der Waals surface area (Å²) in [7, 11) is 0. The lowest BCUT2D eigenvalue weighted by atomic mass is 9.95. The van der Waals surface area contributed by atoms with Gasteiger partial charge in [0, 0.05) is 30.5 Å². The Kier molecular flexibility index (Phi) is 3.85. The zero-order chi connectivity index (χ0) is 16.4. The highest BCUT2D eigenvalue weighted by Gasteiger charge is 2.29. The number of anilines is 1. The van der Waals surface area contributed by atoms with Crippen molar-refractivity contribution in [3.05, 3.63) is 52.3 Å². The molecule has 23 heavy (non-hydrogen) atoms. The third kappa shape index (κ3) is 2.81. The number of carboxylic acids is 1. The summed E-state index contributed by atoms with van der Waals surface area (Å²) in [5.74, 6) is -0.825. The molecule has 0 radical (unpaired) electrons. The number of nitrogens with zero attached hydrogens (tertiary/aromatic N) is 2. The molecule has 1 saturated heterocycles. The van der Waals surface area contributed by atoms with Gasteiger partial charge in [-0.3, -0.25) is 4.79 Å². The predicted octanol–water partition coefficient (Wildman–Crippen LogP) is 1.67. The Morgan fingerprint density at radius 1 is 1.43 bits per heavy atom. The summed E-state index contributed by atoms with van der Waals surface area (Å²) in [5.41, 5.74) is 1.74. The maximum absolute atomic E-state index is 12.3. The minimum Gasteiger partial charge on any atom is -0.478 e. The first-order valence-electron chi connectivity index (χ1n) is 7.27. The number of rotatable bonds is 4. The molecule has 6 heteroatoms. The molecule has 1 aromatic heterocycles. The first-order valence-corrected chi connectivity index (χ1v) is 7.27. The lowest BCUT2D eigenvalue weighted by Gasteiger charge is -2.41. The van der Waals surface area contributed by atoms with Gasteiger partial charge in [0.2, 0.25) is 0 Å². The van der Waals surface area contributed by atoms with Crippen molar-refractivity contribution in [2.75, 3.05) is 18.0 Å². The van der Waals surface area contributed by atoms with Crippen molar-refractivity contribution in [1.82, 2.24) is 4.98 Å². The van der Waals surface area contributed by atoms with Gasteiger partial charge in [-0.15, -0.1) is 0 Å². The Bertz CT molecular complexity index is 886. The molecule has 1 aliphatic heterocycles. The van der Waals surface area contributed by atoms with E-state index in [1.807, 2.05) is 35.2 Å². The number of pyridine rings is 1. The second-order valence-electron chi connectivity index (χ2n) is 5.52. The van der Waals surface area contributed by atoms with Crippen molar-refractivity contribution in [1.29, 1.82) is 5.26 Å².